The number of alkyl halides is 3. The minimum atomic E-state index is -4.51. The van der Waals surface area contributed by atoms with E-state index in [1.54, 1.807) is 0 Å². The summed E-state index contributed by atoms with van der Waals surface area (Å²) in [6.45, 7) is 4.27. The smallest absolute Gasteiger partial charge is 0.392 e. The van der Waals surface area contributed by atoms with Gasteiger partial charge in [0.15, 0.2) is 0 Å². The fourth-order valence-electron chi connectivity index (χ4n) is 2.92. The lowest BCUT2D eigenvalue weighted by molar-refractivity contribution is -0.141. The van der Waals surface area contributed by atoms with E-state index >= 15 is 0 Å². The van der Waals surface area contributed by atoms with Gasteiger partial charge in [0, 0.05) is 25.2 Å². The van der Waals surface area contributed by atoms with Crippen molar-refractivity contribution in [3.05, 3.63) is 29.6 Å². The van der Waals surface area contributed by atoms with Crippen molar-refractivity contribution in [2.24, 2.45) is 11.3 Å². The molecule has 1 aliphatic rings. The molecule has 3 N–H and O–H groups in total. The maximum Gasteiger partial charge on any atom is 0.433 e. The number of hydrogen-bond acceptors (Lipinski definition) is 3. The minimum absolute atomic E-state index is 0.0106. The molecule has 0 radical (unpaired) electrons. The molecular formula is C16H22F3N3O2. The molecule has 0 spiro atoms. The van der Waals surface area contributed by atoms with Gasteiger partial charge in [-0.15, -0.1) is 0 Å². The standard InChI is InChI=1S/C16H22F3N3O2/c1-15(2)5-3-11(13(15)23)9-22-14(24)21-8-10-4-6-20-12(7-10)16(17,18)19/h4,6-7,11,13,23H,3,5,8-9H2,1-2H3,(H2,21,22,24). The summed E-state index contributed by atoms with van der Waals surface area (Å²) < 4.78 is 37.7. The van der Waals surface area contributed by atoms with E-state index in [-0.39, 0.29) is 17.9 Å². The first kappa shape index (κ1) is 18.5. The van der Waals surface area contributed by atoms with Gasteiger partial charge in [-0.2, -0.15) is 13.2 Å². The number of carbonyl (C=O) groups is 1. The second kappa shape index (κ2) is 6.96. The van der Waals surface area contributed by atoms with Crippen molar-refractivity contribution in [1.29, 1.82) is 0 Å². The number of rotatable bonds is 4. The van der Waals surface area contributed by atoms with Crippen molar-refractivity contribution in [1.82, 2.24) is 15.6 Å². The summed E-state index contributed by atoms with van der Waals surface area (Å²) in [5.74, 6) is -0.0106. The Morgan fingerprint density at radius 3 is 2.71 bits per heavy atom. The molecule has 1 aliphatic carbocycles. The van der Waals surface area contributed by atoms with Crippen molar-refractivity contribution in [3.8, 4) is 0 Å². The zero-order valence-electron chi connectivity index (χ0n) is 13.7. The number of pyridine rings is 1. The highest BCUT2D eigenvalue weighted by Gasteiger charge is 2.40. The van der Waals surface area contributed by atoms with Crippen LogP contribution in [0.4, 0.5) is 18.0 Å². The van der Waals surface area contributed by atoms with Crippen molar-refractivity contribution < 1.29 is 23.1 Å². The molecule has 8 heteroatoms. The molecule has 0 bridgehead atoms. The Bertz CT molecular complexity index is 590. The van der Waals surface area contributed by atoms with Gasteiger partial charge in [-0.25, -0.2) is 4.79 Å². The molecule has 2 rings (SSSR count). The number of nitrogens with one attached hydrogen (secondary N) is 2. The normalized spacial score (nSPS) is 23.1. The van der Waals surface area contributed by atoms with Crippen LogP contribution < -0.4 is 10.6 Å². The molecule has 24 heavy (non-hydrogen) atoms. The monoisotopic (exact) mass is 345 g/mol. The first-order valence-corrected chi connectivity index (χ1v) is 7.81. The molecule has 1 fully saturated rings. The number of urea groups is 1. The van der Waals surface area contributed by atoms with Crippen LogP contribution in [0.5, 0.6) is 0 Å². The summed E-state index contributed by atoms with van der Waals surface area (Å²) in [5.41, 5.74) is -0.832. The second-order valence-electron chi connectivity index (χ2n) is 6.84. The Morgan fingerprint density at radius 1 is 1.42 bits per heavy atom. The van der Waals surface area contributed by atoms with E-state index in [1.165, 1.54) is 6.07 Å². The van der Waals surface area contributed by atoms with E-state index in [0.29, 0.717) is 12.1 Å². The summed E-state index contributed by atoms with van der Waals surface area (Å²) in [4.78, 5) is 15.0. The predicted molar refractivity (Wildman–Crippen MR) is 82.0 cm³/mol. The fourth-order valence-corrected chi connectivity index (χ4v) is 2.92. The lowest BCUT2D eigenvalue weighted by Gasteiger charge is -2.25. The quantitative estimate of drug-likeness (QED) is 0.785. The molecular weight excluding hydrogens is 323 g/mol. The fraction of sp³-hybridized carbons (Fsp3) is 0.625. The third-order valence-electron chi connectivity index (χ3n) is 4.50. The number of halogens is 3. The zero-order valence-corrected chi connectivity index (χ0v) is 13.7. The molecule has 2 unspecified atom stereocenters. The average molecular weight is 345 g/mol. The number of aromatic nitrogens is 1. The van der Waals surface area contributed by atoms with Crippen LogP contribution in [-0.4, -0.2) is 28.8 Å². The Morgan fingerprint density at radius 2 is 2.12 bits per heavy atom. The Hall–Kier alpha value is -1.83. The molecule has 0 aromatic carbocycles. The third-order valence-corrected chi connectivity index (χ3v) is 4.50. The molecule has 5 nitrogen and oxygen atoms in total. The second-order valence-corrected chi connectivity index (χ2v) is 6.84. The highest BCUT2D eigenvalue weighted by atomic mass is 19.4. The molecule has 0 saturated heterocycles. The summed E-state index contributed by atoms with van der Waals surface area (Å²) in [5, 5.41) is 15.3. The van der Waals surface area contributed by atoms with Gasteiger partial charge < -0.3 is 15.7 Å². The highest BCUT2D eigenvalue weighted by molar-refractivity contribution is 5.73. The summed E-state index contributed by atoms with van der Waals surface area (Å²) in [7, 11) is 0. The van der Waals surface area contributed by atoms with E-state index in [0.717, 1.165) is 25.1 Å². The van der Waals surface area contributed by atoms with Crippen molar-refractivity contribution in [2.45, 2.75) is 45.5 Å². The number of aliphatic hydroxyl groups excluding tert-OH is 1. The minimum Gasteiger partial charge on any atom is -0.392 e. The largest absolute Gasteiger partial charge is 0.433 e. The molecule has 1 aromatic rings. The van der Waals surface area contributed by atoms with Crippen LogP contribution in [0.25, 0.3) is 0 Å². The Labute approximate surface area is 138 Å². The number of nitrogens with zero attached hydrogens (tertiary/aromatic N) is 1. The highest BCUT2D eigenvalue weighted by Crippen LogP contribution is 2.40. The van der Waals surface area contributed by atoms with Gasteiger partial charge in [-0.05, 0) is 36.0 Å². The van der Waals surface area contributed by atoms with Crippen LogP contribution in [-0.2, 0) is 12.7 Å². The number of hydrogen-bond donors (Lipinski definition) is 3. The van der Waals surface area contributed by atoms with Crippen molar-refractivity contribution in [3.63, 3.8) is 0 Å². The number of aliphatic hydroxyl groups is 1. The molecule has 1 saturated carbocycles. The van der Waals surface area contributed by atoms with E-state index in [4.69, 9.17) is 0 Å². The van der Waals surface area contributed by atoms with Gasteiger partial charge in [-0.1, -0.05) is 13.8 Å². The molecule has 0 aliphatic heterocycles. The van der Waals surface area contributed by atoms with Crippen molar-refractivity contribution >= 4 is 6.03 Å². The van der Waals surface area contributed by atoms with Gasteiger partial charge in [0.25, 0.3) is 0 Å². The number of amides is 2. The predicted octanol–water partition coefficient (Wildman–Crippen LogP) is 2.70. The third kappa shape index (κ3) is 4.59. The molecule has 1 heterocycles. The molecule has 1 aromatic heterocycles. The van der Waals surface area contributed by atoms with Gasteiger partial charge in [0.2, 0.25) is 0 Å². The van der Waals surface area contributed by atoms with Crippen LogP contribution in [0.15, 0.2) is 18.3 Å². The van der Waals surface area contributed by atoms with Crippen LogP contribution in [0.3, 0.4) is 0 Å². The lowest BCUT2D eigenvalue weighted by Crippen LogP contribution is -2.41. The van der Waals surface area contributed by atoms with E-state index < -0.39 is 24.0 Å². The molecule has 134 valence electrons. The van der Waals surface area contributed by atoms with E-state index in [2.05, 4.69) is 15.6 Å². The summed E-state index contributed by atoms with van der Waals surface area (Å²) in [6.07, 6.45) is -2.21. The van der Waals surface area contributed by atoms with Gasteiger partial charge in [-0.3, -0.25) is 4.98 Å². The molecule has 2 amide bonds. The van der Waals surface area contributed by atoms with Gasteiger partial charge >= 0.3 is 12.2 Å². The van der Waals surface area contributed by atoms with Crippen LogP contribution >= 0.6 is 0 Å². The summed E-state index contributed by atoms with van der Waals surface area (Å²) in [6, 6.07) is 1.85. The topological polar surface area (TPSA) is 74.2 Å². The Kier molecular flexibility index (Phi) is 5.37. The maximum atomic E-state index is 12.6. The van der Waals surface area contributed by atoms with Crippen LogP contribution in [0.1, 0.15) is 37.9 Å². The first-order chi connectivity index (χ1) is 11.1. The number of carbonyl (C=O) groups excluding carboxylic acids is 1. The van der Waals surface area contributed by atoms with Gasteiger partial charge in [0.05, 0.1) is 6.10 Å². The van der Waals surface area contributed by atoms with E-state index in [9.17, 15) is 23.1 Å². The maximum absolute atomic E-state index is 12.6. The van der Waals surface area contributed by atoms with Crippen molar-refractivity contribution in [2.75, 3.05) is 6.54 Å². The summed E-state index contributed by atoms with van der Waals surface area (Å²) >= 11 is 0. The molecule has 2 atom stereocenters. The Balaban J connectivity index is 1.80. The van der Waals surface area contributed by atoms with Crippen LogP contribution in [0, 0.1) is 11.3 Å². The van der Waals surface area contributed by atoms with Crippen LogP contribution in [0.2, 0.25) is 0 Å². The van der Waals surface area contributed by atoms with Gasteiger partial charge in [0.1, 0.15) is 5.69 Å². The first-order valence-electron chi connectivity index (χ1n) is 7.81. The average Bonchev–Trinajstić information content (AvgIpc) is 2.77. The zero-order chi connectivity index (χ0) is 18.0. The lowest BCUT2D eigenvalue weighted by atomic mass is 9.87. The van der Waals surface area contributed by atoms with E-state index in [1.807, 2.05) is 13.8 Å². The SMILES string of the molecule is CC1(C)CCC(CNC(=O)NCc2ccnc(C(F)(F)F)c2)C1O.